The van der Waals surface area contributed by atoms with E-state index < -0.39 is 0 Å². The highest BCUT2D eigenvalue weighted by Gasteiger charge is 2.02. The molecule has 1 unspecified atom stereocenters. The lowest BCUT2D eigenvalue weighted by Crippen LogP contribution is -2.21. The van der Waals surface area contributed by atoms with Crippen LogP contribution in [0.25, 0.3) is 0 Å². The molecule has 0 fully saturated rings. The topological polar surface area (TPSA) is 29.3 Å². The van der Waals surface area contributed by atoms with Crippen molar-refractivity contribution in [1.82, 2.24) is 0 Å². The summed E-state index contributed by atoms with van der Waals surface area (Å²) in [5.74, 6) is 1.13. The normalized spacial score (nSPS) is 12.5. The third-order valence-corrected chi connectivity index (χ3v) is 3.64. The SMILES string of the molecule is CCSc1ccc(N(C)CCCC(C)N)cc1. The Balaban J connectivity index is 2.43. The van der Waals surface area contributed by atoms with Crippen LogP contribution >= 0.6 is 11.8 Å². The number of anilines is 1. The molecular formula is C14H24N2S. The molecule has 0 saturated heterocycles. The predicted octanol–water partition coefficient (Wildman–Crippen LogP) is 3.36. The Kier molecular flexibility index (Phi) is 6.45. The number of hydrogen-bond donors (Lipinski definition) is 1. The molecule has 0 spiro atoms. The first-order chi connectivity index (χ1) is 8.13. The van der Waals surface area contributed by atoms with Crippen LogP contribution in [0.3, 0.4) is 0 Å². The average Bonchev–Trinajstić information content (AvgIpc) is 2.30. The lowest BCUT2D eigenvalue weighted by Gasteiger charge is -2.20. The van der Waals surface area contributed by atoms with E-state index in [1.54, 1.807) is 0 Å². The van der Waals surface area contributed by atoms with Crippen molar-refractivity contribution in [3.63, 3.8) is 0 Å². The van der Waals surface area contributed by atoms with Gasteiger partial charge in [0.2, 0.25) is 0 Å². The van der Waals surface area contributed by atoms with E-state index in [-0.39, 0.29) is 0 Å². The van der Waals surface area contributed by atoms with Crippen LogP contribution < -0.4 is 10.6 Å². The van der Waals surface area contributed by atoms with Crippen LogP contribution in [-0.2, 0) is 0 Å². The highest BCUT2D eigenvalue weighted by atomic mass is 32.2. The molecule has 0 aliphatic rings. The van der Waals surface area contributed by atoms with Gasteiger partial charge in [-0.15, -0.1) is 11.8 Å². The van der Waals surface area contributed by atoms with Gasteiger partial charge in [-0.2, -0.15) is 0 Å². The first kappa shape index (κ1) is 14.4. The van der Waals surface area contributed by atoms with Crippen LogP contribution in [0, 0.1) is 0 Å². The Morgan fingerprint density at radius 2 is 1.94 bits per heavy atom. The van der Waals surface area contributed by atoms with Gasteiger partial charge >= 0.3 is 0 Å². The van der Waals surface area contributed by atoms with E-state index in [0.717, 1.165) is 25.1 Å². The van der Waals surface area contributed by atoms with E-state index in [2.05, 4.69) is 50.1 Å². The molecule has 0 bridgehead atoms. The van der Waals surface area contributed by atoms with Crippen LogP contribution in [0.4, 0.5) is 5.69 Å². The van der Waals surface area contributed by atoms with Gasteiger partial charge in [-0.1, -0.05) is 6.92 Å². The monoisotopic (exact) mass is 252 g/mol. The van der Waals surface area contributed by atoms with Crippen LogP contribution in [0.5, 0.6) is 0 Å². The molecule has 1 aromatic carbocycles. The summed E-state index contributed by atoms with van der Waals surface area (Å²) in [7, 11) is 2.14. The molecule has 0 heterocycles. The van der Waals surface area contributed by atoms with Crippen molar-refractivity contribution in [2.24, 2.45) is 5.73 Å². The summed E-state index contributed by atoms with van der Waals surface area (Å²) in [5, 5.41) is 0. The summed E-state index contributed by atoms with van der Waals surface area (Å²) in [5.41, 5.74) is 7.04. The molecule has 0 aliphatic heterocycles. The molecule has 0 radical (unpaired) electrons. The zero-order valence-corrected chi connectivity index (χ0v) is 12.0. The van der Waals surface area contributed by atoms with Gasteiger partial charge in [0.15, 0.2) is 0 Å². The van der Waals surface area contributed by atoms with Gasteiger partial charge < -0.3 is 10.6 Å². The van der Waals surface area contributed by atoms with Gasteiger partial charge in [0.25, 0.3) is 0 Å². The van der Waals surface area contributed by atoms with E-state index in [9.17, 15) is 0 Å². The fraction of sp³-hybridized carbons (Fsp3) is 0.571. The third kappa shape index (κ3) is 5.46. The minimum atomic E-state index is 0.312. The molecule has 0 saturated carbocycles. The molecule has 17 heavy (non-hydrogen) atoms. The maximum absolute atomic E-state index is 5.75. The molecule has 2 N–H and O–H groups in total. The highest BCUT2D eigenvalue weighted by Crippen LogP contribution is 2.21. The summed E-state index contributed by atoms with van der Waals surface area (Å²) in [6.07, 6.45) is 2.24. The average molecular weight is 252 g/mol. The van der Waals surface area contributed by atoms with Gasteiger partial charge in [-0.3, -0.25) is 0 Å². The van der Waals surface area contributed by atoms with Crippen LogP contribution in [0.15, 0.2) is 29.2 Å². The first-order valence-corrected chi connectivity index (χ1v) is 7.31. The van der Waals surface area contributed by atoms with Crippen molar-refractivity contribution >= 4 is 17.4 Å². The van der Waals surface area contributed by atoms with Gasteiger partial charge in [0, 0.05) is 30.2 Å². The number of benzene rings is 1. The predicted molar refractivity (Wildman–Crippen MR) is 79.0 cm³/mol. The van der Waals surface area contributed by atoms with Crippen molar-refractivity contribution in [2.45, 2.75) is 37.6 Å². The van der Waals surface area contributed by atoms with Gasteiger partial charge in [-0.05, 0) is 49.8 Å². The second kappa shape index (κ2) is 7.62. The molecule has 96 valence electrons. The molecule has 0 amide bonds. The maximum atomic E-state index is 5.75. The minimum Gasteiger partial charge on any atom is -0.375 e. The van der Waals surface area contributed by atoms with Crippen molar-refractivity contribution in [1.29, 1.82) is 0 Å². The Bertz CT molecular complexity index is 309. The maximum Gasteiger partial charge on any atom is 0.0364 e. The van der Waals surface area contributed by atoms with Gasteiger partial charge in [0.1, 0.15) is 0 Å². The Morgan fingerprint density at radius 1 is 1.29 bits per heavy atom. The summed E-state index contributed by atoms with van der Waals surface area (Å²) in [6.45, 7) is 5.32. The lowest BCUT2D eigenvalue weighted by atomic mass is 10.2. The Morgan fingerprint density at radius 3 is 2.47 bits per heavy atom. The van der Waals surface area contributed by atoms with Crippen molar-refractivity contribution in [2.75, 3.05) is 24.2 Å². The molecule has 0 aromatic heterocycles. The second-order valence-corrected chi connectivity index (χ2v) is 5.81. The van der Waals surface area contributed by atoms with Crippen molar-refractivity contribution < 1.29 is 0 Å². The number of nitrogens with zero attached hydrogens (tertiary/aromatic N) is 1. The zero-order chi connectivity index (χ0) is 12.7. The molecule has 1 aromatic rings. The number of rotatable bonds is 7. The molecule has 2 nitrogen and oxygen atoms in total. The third-order valence-electron chi connectivity index (χ3n) is 2.74. The fourth-order valence-electron chi connectivity index (χ4n) is 1.74. The summed E-state index contributed by atoms with van der Waals surface area (Å²) < 4.78 is 0. The largest absolute Gasteiger partial charge is 0.375 e. The zero-order valence-electron chi connectivity index (χ0n) is 11.1. The molecule has 3 heteroatoms. The fourth-order valence-corrected chi connectivity index (χ4v) is 2.40. The quantitative estimate of drug-likeness (QED) is 0.755. The van der Waals surface area contributed by atoms with E-state index in [1.807, 2.05) is 11.8 Å². The molecule has 1 atom stereocenters. The van der Waals surface area contributed by atoms with Crippen LogP contribution in [0.1, 0.15) is 26.7 Å². The van der Waals surface area contributed by atoms with Crippen LogP contribution in [0.2, 0.25) is 0 Å². The number of hydrogen-bond acceptors (Lipinski definition) is 3. The standard InChI is InChI=1S/C14H24N2S/c1-4-17-14-9-7-13(8-10-14)16(3)11-5-6-12(2)15/h7-10,12H,4-6,11,15H2,1-3H3. The highest BCUT2D eigenvalue weighted by molar-refractivity contribution is 7.99. The summed E-state index contributed by atoms with van der Waals surface area (Å²) >= 11 is 1.88. The molecule has 1 rings (SSSR count). The second-order valence-electron chi connectivity index (χ2n) is 4.47. The van der Waals surface area contributed by atoms with E-state index in [4.69, 9.17) is 5.73 Å². The van der Waals surface area contributed by atoms with E-state index >= 15 is 0 Å². The summed E-state index contributed by atoms with van der Waals surface area (Å²) in [6, 6.07) is 9.11. The Labute approximate surface area is 110 Å². The minimum absolute atomic E-state index is 0.312. The summed E-state index contributed by atoms with van der Waals surface area (Å²) in [4.78, 5) is 3.64. The first-order valence-electron chi connectivity index (χ1n) is 6.33. The smallest absolute Gasteiger partial charge is 0.0364 e. The van der Waals surface area contributed by atoms with E-state index in [1.165, 1.54) is 10.6 Å². The van der Waals surface area contributed by atoms with Gasteiger partial charge in [-0.25, -0.2) is 0 Å². The Hall–Kier alpha value is -0.670. The number of thioether (sulfide) groups is 1. The van der Waals surface area contributed by atoms with Crippen molar-refractivity contribution in [3.8, 4) is 0 Å². The lowest BCUT2D eigenvalue weighted by molar-refractivity contribution is 0.621. The van der Waals surface area contributed by atoms with E-state index in [0.29, 0.717) is 6.04 Å². The molecule has 0 aliphatic carbocycles. The molecular weight excluding hydrogens is 228 g/mol. The van der Waals surface area contributed by atoms with Gasteiger partial charge in [0.05, 0.1) is 0 Å². The van der Waals surface area contributed by atoms with Crippen molar-refractivity contribution in [3.05, 3.63) is 24.3 Å². The van der Waals surface area contributed by atoms with Crippen LogP contribution in [-0.4, -0.2) is 25.4 Å². The number of nitrogens with two attached hydrogens (primary N) is 1.